The number of rotatable bonds is 9. The third-order valence-electron chi connectivity index (χ3n) is 8.35. The van der Waals surface area contributed by atoms with Crippen LogP contribution in [0.5, 0.6) is 0 Å². The molecule has 3 amide bonds. The number of aliphatic hydroxyl groups excluding tert-OH is 1. The molecule has 10 heteroatoms. The van der Waals surface area contributed by atoms with Gasteiger partial charge in [-0.05, 0) is 49.0 Å². The Morgan fingerprint density at radius 3 is 2.36 bits per heavy atom. The van der Waals surface area contributed by atoms with Crippen molar-refractivity contribution in [3.8, 4) is 0 Å². The third-order valence-corrected chi connectivity index (χ3v) is 10.9. The van der Waals surface area contributed by atoms with E-state index in [2.05, 4.69) is 10.6 Å². The van der Waals surface area contributed by atoms with Gasteiger partial charge in [-0.25, -0.2) is 0 Å². The monoisotopic (exact) mass is 587 g/mol. The van der Waals surface area contributed by atoms with Gasteiger partial charge in [-0.1, -0.05) is 55.5 Å². The maximum Gasteiger partial charge on any atom is 0.261 e. The van der Waals surface area contributed by atoms with Crippen LogP contribution in [0.15, 0.2) is 78.9 Å². The van der Waals surface area contributed by atoms with Crippen molar-refractivity contribution in [3.05, 3.63) is 95.6 Å². The maximum absolute atomic E-state index is 13.7. The van der Waals surface area contributed by atoms with Gasteiger partial charge in [0.2, 0.25) is 5.91 Å². The van der Waals surface area contributed by atoms with Gasteiger partial charge >= 0.3 is 0 Å². The van der Waals surface area contributed by atoms with Gasteiger partial charge in [0.05, 0.1) is 19.1 Å². The van der Waals surface area contributed by atoms with Crippen molar-refractivity contribution in [1.29, 1.82) is 0 Å². The Labute approximate surface area is 246 Å². The number of anilines is 2. The van der Waals surface area contributed by atoms with Gasteiger partial charge in [-0.15, -0.1) is 0 Å². The highest BCUT2D eigenvalue weighted by molar-refractivity contribution is 6.71. The van der Waals surface area contributed by atoms with E-state index in [1.54, 1.807) is 60.5 Å². The molecule has 0 unspecified atom stereocenters. The summed E-state index contributed by atoms with van der Waals surface area (Å²) in [6.07, 6.45) is -0.774. The zero-order valence-corrected chi connectivity index (χ0v) is 25.0. The van der Waals surface area contributed by atoms with E-state index >= 15 is 0 Å². The fourth-order valence-corrected chi connectivity index (χ4v) is 9.04. The predicted molar refractivity (Wildman–Crippen MR) is 162 cm³/mol. The van der Waals surface area contributed by atoms with Crippen LogP contribution < -0.4 is 10.6 Å². The molecule has 2 heterocycles. The number of carbonyl (C=O) groups excluding carboxylic acids is 3. The molecular formula is C32H37N3O6Si. The Kier molecular flexibility index (Phi) is 8.34. The first-order valence-corrected chi connectivity index (χ1v) is 17.2. The van der Waals surface area contributed by atoms with E-state index in [1.165, 1.54) is 0 Å². The zero-order chi connectivity index (χ0) is 30.1. The Balaban J connectivity index is 1.44. The van der Waals surface area contributed by atoms with Crippen molar-refractivity contribution in [1.82, 2.24) is 4.90 Å². The minimum atomic E-state index is -2.97. The predicted octanol–water partition coefficient (Wildman–Crippen LogP) is 4.10. The first kappa shape index (κ1) is 29.7. The smallest absolute Gasteiger partial charge is 0.261 e. The van der Waals surface area contributed by atoms with Crippen molar-refractivity contribution >= 4 is 37.4 Å². The van der Waals surface area contributed by atoms with Gasteiger partial charge in [0.15, 0.2) is 13.9 Å². The normalized spacial score (nSPS) is 23.0. The number of hydrogen-bond acceptors (Lipinski definition) is 6. The number of amides is 3. The Morgan fingerprint density at radius 1 is 1.05 bits per heavy atom. The maximum atomic E-state index is 13.7. The van der Waals surface area contributed by atoms with E-state index in [0.29, 0.717) is 29.0 Å². The van der Waals surface area contributed by atoms with E-state index in [0.717, 1.165) is 5.56 Å². The highest BCUT2D eigenvalue weighted by Gasteiger charge is 2.65. The minimum absolute atomic E-state index is 0.0480. The van der Waals surface area contributed by atoms with Crippen LogP contribution in [0.2, 0.25) is 18.6 Å². The number of nitrogens with zero attached hydrogens (tertiary/aromatic N) is 1. The summed E-state index contributed by atoms with van der Waals surface area (Å²) in [6, 6.07) is 23.6. The van der Waals surface area contributed by atoms with Crippen LogP contribution in [-0.2, 0) is 26.5 Å². The topological polar surface area (TPSA) is 128 Å². The molecule has 3 aromatic rings. The van der Waals surface area contributed by atoms with Gasteiger partial charge in [0.1, 0.15) is 0 Å². The van der Waals surface area contributed by atoms with Crippen LogP contribution in [-0.4, -0.2) is 60.1 Å². The van der Waals surface area contributed by atoms with Gasteiger partial charge in [-0.3, -0.25) is 14.4 Å². The summed E-state index contributed by atoms with van der Waals surface area (Å²) in [7, 11) is -2.97. The number of nitrogens with one attached hydrogen (secondary N) is 2. The summed E-state index contributed by atoms with van der Waals surface area (Å²) in [4.78, 5) is 53.2. The summed E-state index contributed by atoms with van der Waals surface area (Å²) < 4.78 is 6.63. The average molecular weight is 588 g/mol. The number of ether oxygens (including phenoxy) is 1. The van der Waals surface area contributed by atoms with Crippen LogP contribution >= 0.6 is 0 Å². The van der Waals surface area contributed by atoms with Crippen LogP contribution in [0.1, 0.15) is 34.8 Å². The molecule has 1 fully saturated rings. The van der Waals surface area contributed by atoms with E-state index in [1.807, 2.05) is 43.3 Å². The molecule has 0 radical (unpaired) electrons. The molecular weight excluding hydrogens is 550 g/mol. The van der Waals surface area contributed by atoms with Gasteiger partial charge in [0.25, 0.3) is 11.8 Å². The van der Waals surface area contributed by atoms with Crippen molar-refractivity contribution < 1.29 is 29.0 Å². The molecule has 2 aliphatic heterocycles. The number of aliphatic hydroxyl groups is 1. The van der Waals surface area contributed by atoms with Crippen molar-refractivity contribution in [3.63, 3.8) is 0 Å². The number of carbonyl (C=O) groups is 3. The number of hydrogen-bond donors (Lipinski definition) is 4. The first-order valence-electron chi connectivity index (χ1n) is 14.2. The Bertz CT molecular complexity index is 1460. The summed E-state index contributed by atoms with van der Waals surface area (Å²) in [5.74, 6) is -1.32. The van der Waals surface area contributed by atoms with E-state index in [4.69, 9.17) is 4.74 Å². The summed E-state index contributed by atoms with van der Waals surface area (Å²) in [5.41, 5.74) is 1.20. The van der Waals surface area contributed by atoms with Crippen LogP contribution in [0.3, 0.4) is 0 Å². The highest BCUT2D eigenvalue weighted by Crippen LogP contribution is 2.58. The highest BCUT2D eigenvalue weighted by atomic mass is 28.4. The summed E-state index contributed by atoms with van der Waals surface area (Å²) in [6.45, 7) is 5.77. The van der Waals surface area contributed by atoms with Crippen molar-refractivity contribution in [2.45, 2.75) is 50.2 Å². The fourth-order valence-electron chi connectivity index (χ4n) is 6.48. The number of fused-ring (bicyclic) bond motifs is 2. The molecule has 0 saturated carbocycles. The zero-order valence-electron chi connectivity index (χ0n) is 24.0. The quantitative estimate of drug-likeness (QED) is 0.279. The lowest BCUT2D eigenvalue weighted by atomic mass is 9.82. The average Bonchev–Trinajstić information content (AvgIpc) is 3.42. The molecule has 0 aliphatic carbocycles. The second-order valence-electron chi connectivity index (χ2n) is 11.6. The lowest BCUT2D eigenvalue weighted by Crippen LogP contribution is -2.44. The Hall–Kier alpha value is -3.83. The molecule has 2 aliphatic rings. The van der Waals surface area contributed by atoms with Crippen molar-refractivity contribution in [2.24, 2.45) is 5.92 Å². The van der Waals surface area contributed by atoms with Crippen LogP contribution in [0.4, 0.5) is 11.4 Å². The van der Waals surface area contributed by atoms with E-state index in [-0.39, 0.29) is 37.3 Å². The molecule has 42 heavy (non-hydrogen) atoms. The van der Waals surface area contributed by atoms with Gasteiger partial charge in [0, 0.05) is 47.1 Å². The van der Waals surface area contributed by atoms with E-state index in [9.17, 15) is 24.3 Å². The van der Waals surface area contributed by atoms with Gasteiger partial charge < -0.3 is 30.2 Å². The second-order valence-corrected chi connectivity index (χ2v) is 15.6. The lowest BCUT2D eigenvalue weighted by Gasteiger charge is -2.32. The van der Waals surface area contributed by atoms with Crippen LogP contribution in [0, 0.1) is 5.92 Å². The fraction of sp³-hybridized carbons (Fsp3) is 0.344. The Morgan fingerprint density at radius 2 is 1.71 bits per heavy atom. The SMILES string of the molecule is C[C@H]1[C@H]([Si](C)(C)O)[C@@H](CC(=O)N(CCO)Cc2ccccc2)O[C@]12C(=O)Nc1ccc(NC(=O)c3ccccc3)cc12. The molecule has 4 N–H and O–H groups in total. The minimum Gasteiger partial charge on any atom is -0.432 e. The van der Waals surface area contributed by atoms with Gasteiger partial charge in [-0.2, -0.15) is 0 Å². The standard InChI is InChI=1S/C32H37N3O6Si/c1-21-29(42(2,3)40)27(19-28(37)35(16-17-36)20-22-10-6-4-7-11-22)41-32(21)25-18-24(14-15-26(25)34-31(32)39)33-30(38)23-12-8-5-9-13-23/h4-15,18,21,27,29,36,40H,16-17,19-20H2,1-3H3,(H,33,38)(H,34,39)/t21-,27+,29-,32+/m0/s1. The number of benzene rings is 3. The van der Waals surface area contributed by atoms with E-state index < -0.39 is 31.5 Å². The molecule has 5 rings (SSSR count). The lowest BCUT2D eigenvalue weighted by molar-refractivity contribution is -0.148. The van der Waals surface area contributed by atoms with Crippen molar-refractivity contribution in [2.75, 3.05) is 23.8 Å². The molecule has 4 atom stereocenters. The molecule has 0 aromatic heterocycles. The summed E-state index contributed by atoms with van der Waals surface area (Å²) in [5, 5.41) is 15.5. The molecule has 1 spiro atoms. The second kappa shape index (κ2) is 11.8. The first-order chi connectivity index (χ1) is 20.0. The van der Waals surface area contributed by atoms with Crippen LogP contribution in [0.25, 0.3) is 0 Å². The largest absolute Gasteiger partial charge is 0.432 e. The third kappa shape index (κ3) is 5.63. The molecule has 3 aromatic carbocycles. The molecule has 220 valence electrons. The summed E-state index contributed by atoms with van der Waals surface area (Å²) >= 11 is 0. The molecule has 1 saturated heterocycles. The molecule has 9 nitrogen and oxygen atoms in total. The molecule has 0 bridgehead atoms.